The van der Waals surface area contributed by atoms with Gasteiger partial charge in [0.05, 0.1) is 12.5 Å². The van der Waals surface area contributed by atoms with Gasteiger partial charge in [-0.15, -0.1) is 0 Å². The maximum absolute atomic E-state index is 13.7. The van der Waals surface area contributed by atoms with Crippen molar-refractivity contribution in [2.24, 2.45) is 11.8 Å². The van der Waals surface area contributed by atoms with Gasteiger partial charge in [0.2, 0.25) is 17.7 Å². The SMILES string of the molecule is [B]c1ccc(CNC(=O)[C@@H]2Cc3ccc(cc3)OCCC[C@H](C(=O)NOPI)[C@@H](CCCC)C(=O)N2)cc1. The molecule has 2 aliphatic rings. The van der Waals surface area contributed by atoms with Gasteiger partial charge < -0.3 is 15.4 Å². The van der Waals surface area contributed by atoms with Crippen molar-refractivity contribution in [1.29, 1.82) is 0 Å². The second-order valence-corrected chi connectivity index (χ2v) is 11.0. The summed E-state index contributed by atoms with van der Waals surface area (Å²) in [6.45, 7) is 2.83. The van der Waals surface area contributed by atoms with Crippen LogP contribution in [0.3, 0.4) is 0 Å². The molecule has 0 fully saturated rings. The Bertz CT molecular complexity index is 1060. The number of carbonyl (C=O) groups excluding carboxylic acids is 3. The lowest BCUT2D eigenvalue weighted by molar-refractivity contribution is -0.140. The first-order chi connectivity index (χ1) is 18.4. The third-order valence-electron chi connectivity index (χ3n) is 6.59. The molecule has 4 atom stereocenters. The smallest absolute Gasteiger partial charge is 0.247 e. The molecular formula is C27H34BIN3O5P. The van der Waals surface area contributed by atoms with Gasteiger partial charge in [-0.1, -0.05) is 61.6 Å². The summed E-state index contributed by atoms with van der Waals surface area (Å²) >= 11 is 2.02. The Morgan fingerprint density at radius 1 is 1.16 bits per heavy atom. The maximum Gasteiger partial charge on any atom is 0.247 e. The van der Waals surface area contributed by atoms with Gasteiger partial charge in [0.1, 0.15) is 26.1 Å². The lowest BCUT2D eigenvalue weighted by Gasteiger charge is -2.28. The van der Waals surface area contributed by atoms with Crippen molar-refractivity contribution < 1.29 is 23.7 Å². The number of hydrogen-bond donors (Lipinski definition) is 3. The van der Waals surface area contributed by atoms with E-state index in [1.807, 2.05) is 65.4 Å². The fourth-order valence-electron chi connectivity index (χ4n) is 4.49. The van der Waals surface area contributed by atoms with E-state index in [1.54, 1.807) is 12.1 Å². The van der Waals surface area contributed by atoms with E-state index in [9.17, 15) is 14.4 Å². The van der Waals surface area contributed by atoms with Crippen molar-refractivity contribution in [1.82, 2.24) is 16.1 Å². The van der Waals surface area contributed by atoms with Crippen molar-refractivity contribution in [3.63, 3.8) is 0 Å². The molecule has 11 heteroatoms. The normalized spacial score (nSPS) is 20.4. The number of halogens is 1. The zero-order chi connectivity index (χ0) is 27.3. The van der Waals surface area contributed by atoms with Crippen LogP contribution in [0.25, 0.3) is 0 Å². The minimum absolute atomic E-state index is 0.0549. The summed E-state index contributed by atoms with van der Waals surface area (Å²) in [5, 5.41) is 5.91. The molecule has 202 valence electrons. The molecule has 2 heterocycles. The Hall–Kier alpha value is -2.17. The molecule has 0 aromatic heterocycles. The van der Waals surface area contributed by atoms with Crippen molar-refractivity contribution in [3.05, 3.63) is 59.7 Å². The molecule has 2 aliphatic heterocycles. The number of unbranched alkanes of at least 4 members (excludes halogenated alkanes) is 1. The number of hydrogen-bond acceptors (Lipinski definition) is 5. The average molecular weight is 649 g/mol. The monoisotopic (exact) mass is 649 g/mol. The quantitative estimate of drug-likeness (QED) is 0.167. The Morgan fingerprint density at radius 3 is 2.58 bits per heavy atom. The van der Waals surface area contributed by atoms with Crippen molar-refractivity contribution >= 4 is 59.5 Å². The molecule has 0 saturated heterocycles. The number of carbonyl (C=O) groups is 3. The average Bonchev–Trinajstić information content (AvgIpc) is 2.92. The van der Waals surface area contributed by atoms with E-state index in [0.29, 0.717) is 44.3 Å². The number of benzene rings is 2. The van der Waals surface area contributed by atoms with E-state index >= 15 is 0 Å². The van der Waals surface area contributed by atoms with Crippen LogP contribution in [-0.4, -0.2) is 38.2 Å². The highest BCUT2D eigenvalue weighted by atomic mass is 127. The van der Waals surface area contributed by atoms with Gasteiger partial charge in [-0.2, -0.15) is 0 Å². The van der Waals surface area contributed by atoms with E-state index < -0.39 is 17.9 Å². The minimum Gasteiger partial charge on any atom is -0.494 e. The first-order valence-corrected chi connectivity index (χ1v) is 16.9. The summed E-state index contributed by atoms with van der Waals surface area (Å²) in [6.07, 6.45) is 3.53. The zero-order valence-electron chi connectivity index (χ0n) is 21.5. The molecular weight excluding hydrogens is 615 g/mol. The van der Waals surface area contributed by atoms with Crippen molar-refractivity contribution in [3.8, 4) is 5.75 Å². The summed E-state index contributed by atoms with van der Waals surface area (Å²) in [5.74, 6) is -1.43. The third-order valence-corrected chi connectivity index (χ3v) is 7.43. The van der Waals surface area contributed by atoms with E-state index in [4.69, 9.17) is 17.2 Å². The van der Waals surface area contributed by atoms with Crippen LogP contribution in [0.5, 0.6) is 5.75 Å². The molecule has 3 amide bonds. The van der Waals surface area contributed by atoms with Crippen LogP contribution >= 0.6 is 28.5 Å². The number of amides is 3. The molecule has 2 aromatic carbocycles. The van der Waals surface area contributed by atoms with Crippen LogP contribution in [0.2, 0.25) is 0 Å². The largest absolute Gasteiger partial charge is 0.494 e. The highest BCUT2D eigenvalue weighted by Gasteiger charge is 2.35. The number of hydroxylamine groups is 1. The minimum atomic E-state index is -0.814. The lowest BCUT2D eigenvalue weighted by atomic mass is 9.83. The third kappa shape index (κ3) is 9.54. The Kier molecular flexibility index (Phi) is 12.8. The van der Waals surface area contributed by atoms with Crippen molar-refractivity contribution in [2.75, 3.05) is 6.61 Å². The summed E-state index contributed by atoms with van der Waals surface area (Å²) in [4.78, 5) is 40.1. The van der Waals surface area contributed by atoms with Crippen molar-refractivity contribution in [2.45, 2.75) is 58.0 Å². The number of rotatable bonds is 9. The van der Waals surface area contributed by atoms with E-state index in [0.717, 1.165) is 29.7 Å². The Balaban J connectivity index is 1.86. The molecule has 1 unspecified atom stereocenters. The highest BCUT2D eigenvalue weighted by molar-refractivity contribution is 14.2. The van der Waals surface area contributed by atoms with Gasteiger partial charge in [-0.25, -0.2) is 10.1 Å². The molecule has 4 rings (SSSR count). The van der Waals surface area contributed by atoms with Crippen LogP contribution < -0.4 is 26.3 Å². The van der Waals surface area contributed by atoms with Crippen LogP contribution in [0.4, 0.5) is 0 Å². The molecule has 2 radical (unpaired) electrons. The van der Waals surface area contributed by atoms with Crippen LogP contribution in [0, 0.1) is 11.8 Å². The Morgan fingerprint density at radius 2 is 1.89 bits per heavy atom. The second kappa shape index (κ2) is 16.1. The number of nitrogens with one attached hydrogen (secondary N) is 3. The van der Waals surface area contributed by atoms with Crippen LogP contribution in [0.1, 0.15) is 50.2 Å². The second-order valence-electron chi connectivity index (χ2n) is 9.36. The van der Waals surface area contributed by atoms with E-state index in [1.165, 1.54) is 0 Å². The molecule has 3 N–H and O–H groups in total. The maximum atomic E-state index is 13.7. The highest BCUT2D eigenvalue weighted by Crippen LogP contribution is 2.27. The summed E-state index contributed by atoms with van der Waals surface area (Å²) in [5.41, 5.74) is 4.92. The molecule has 0 aliphatic carbocycles. The summed E-state index contributed by atoms with van der Waals surface area (Å²) in [6, 6.07) is 14.0. The number of ether oxygens (including phenoxy) is 1. The van der Waals surface area contributed by atoms with E-state index in [2.05, 4.69) is 16.1 Å². The van der Waals surface area contributed by atoms with E-state index in [-0.39, 0.29) is 24.2 Å². The fourth-order valence-corrected chi connectivity index (χ4v) is 4.96. The van der Waals surface area contributed by atoms with Gasteiger partial charge in [0, 0.05) is 18.9 Å². The molecule has 0 spiro atoms. The van der Waals surface area contributed by atoms with Gasteiger partial charge in [0.15, 0.2) is 0 Å². The van der Waals surface area contributed by atoms with Gasteiger partial charge in [-0.3, -0.25) is 14.4 Å². The summed E-state index contributed by atoms with van der Waals surface area (Å²) < 4.78 is 11.1. The molecule has 2 aromatic rings. The molecule has 0 saturated carbocycles. The first kappa shape index (κ1) is 30.4. The summed E-state index contributed by atoms with van der Waals surface area (Å²) in [7, 11) is 5.76. The zero-order valence-corrected chi connectivity index (χ0v) is 24.7. The molecule has 2 bridgehead atoms. The molecule has 38 heavy (non-hydrogen) atoms. The fraction of sp³-hybridized carbons (Fsp3) is 0.444. The topological polar surface area (TPSA) is 106 Å². The van der Waals surface area contributed by atoms with Crippen LogP contribution in [0.15, 0.2) is 48.5 Å². The van der Waals surface area contributed by atoms with Gasteiger partial charge in [-0.05, 0) is 64.6 Å². The predicted molar refractivity (Wildman–Crippen MR) is 159 cm³/mol. The lowest BCUT2D eigenvalue weighted by Crippen LogP contribution is -2.51. The molecule has 8 nitrogen and oxygen atoms in total. The predicted octanol–water partition coefficient (Wildman–Crippen LogP) is 3.41. The van der Waals surface area contributed by atoms with Gasteiger partial charge in [0.25, 0.3) is 0 Å². The Labute approximate surface area is 240 Å². The van der Waals surface area contributed by atoms with Gasteiger partial charge >= 0.3 is 0 Å². The first-order valence-electron chi connectivity index (χ1n) is 12.9. The van der Waals surface area contributed by atoms with Crippen LogP contribution in [-0.2, 0) is 32.0 Å². The number of fused-ring (bicyclic) bond motifs is 11. The standard InChI is InChI=1S/C27H34BIN3O5P/c1-2-3-5-22-23(26(34)32-37-38-29)6-4-15-36-21-13-9-18(10-14-21)16-24(31-25(22)33)27(35)30-17-19-7-11-20(28)12-8-19/h7-14,22-24,38H,2-6,15-17H2,1H3,(H,30,35)(H,31,33)(H,32,34)/t22-,23+,24+/m1/s1.